The fourth-order valence-corrected chi connectivity index (χ4v) is 3.02. The van der Waals surface area contributed by atoms with Gasteiger partial charge in [-0.3, -0.25) is 4.79 Å². The van der Waals surface area contributed by atoms with Crippen LogP contribution in [-0.2, 0) is 16.1 Å². The van der Waals surface area contributed by atoms with Gasteiger partial charge in [0.25, 0.3) is 0 Å². The van der Waals surface area contributed by atoms with Crippen molar-refractivity contribution in [1.29, 1.82) is 10.5 Å². The highest BCUT2D eigenvalue weighted by Crippen LogP contribution is 2.22. The Morgan fingerprint density at radius 2 is 1.79 bits per heavy atom. The van der Waals surface area contributed by atoms with Gasteiger partial charge in [0.2, 0.25) is 0 Å². The number of esters is 1. The number of hydrogen-bond acceptors (Lipinski definition) is 4. The van der Waals surface area contributed by atoms with Gasteiger partial charge in [-0.15, -0.1) is 0 Å². The molecule has 1 aromatic heterocycles. The first-order valence-corrected chi connectivity index (χ1v) is 9.81. The normalized spacial score (nSPS) is 11.9. The first kappa shape index (κ1) is 21.9. The number of unbranched alkanes of at least 4 members (excludes halogenated alkanes) is 3. The zero-order chi connectivity index (χ0) is 21.1. The summed E-state index contributed by atoms with van der Waals surface area (Å²) < 4.78 is 6.81. The summed E-state index contributed by atoms with van der Waals surface area (Å²) in [5.41, 5.74) is 2.74. The standard InChI is InChI=1S/C24H26N3O2/c1-3-4-5-6-13-27-14-11-19(12-15-27)16-22(17-25)20-7-9-21(10-8-20)23(18-26)24(28)29-2/h7-12,14-16,23H,3-6,13H2,1-2H3/q+1/b22-16+. The molecule has 0 N–H and O–H groups in total. The Kier molecular flexibility index (Phi) is 8.60. The number of hydrogen-bond donors (Lipinski definition) is 0. The highest BCUT2D eigenvalue weighted by molar-refractivity contribution is 5.89. The van der Waals surface area contributed by atoms with Crippen molar-refractivity contribution in [3.8, 4) is 12.1 Å². The molecule has 0 spiro atoms. The Bertz CT molecular complexity index is 917. The Balaban J connectivity index is 2.12. The Morgan fingerprint density at radius 1 is 1.10 bits per heavy atom. The molecular weight excluding hydrogens is 362 g/mol. The van der Waals surface area contributed by atoms with Crippen LogP contribution in [0.4, 0.5) is 0 Å². The van der Waals surface area contributed by atoms with E-state index in [1.807, 2.05) is 36.7 Å². The van der Waals surface area contributed by atoms with E-state index >= 15 is 0 Å². The number of allylic oxidation sites excluding steroid dienone is 1. The zero-order valence-electron chi connectivity index (χ0n) is 17.0. The van der Waals surface area contributed by atoms with Gasteiger partial charge in [0.15, 0.2) is 18.3 Å². The maximum atomic E-state index is 11.7. The molecule has 5 nitrogen and oxygen atoms in total. The third-order valence-corrected chi connectivity index (χ3v) is 4.74. The van der Waals surface area contributed by atoms with Crippen LogP contribution in [0, 0.1) is 22.7 Å². The van der Waals surface area contributed by atoms with Gasteiger partial charge in [0, 0.05) is 18.6 Å². The average Bonchev–Trinajstić information content (AvgIpc) is 2.77. The van der Waals surface area contributed by atoms with Crippen LogP contribution in [0.25, 0.3) is 11.6 Å². The highest BCUT2D eigenvalue weighted by Gasteiger charge is 2.20. The van der Waals surface area contributed by atoms with Gasteiger partial charge < -0.3 is 4.74 Å². The van der Waals surface area contributed by atoms with Gasteiger partial charge in [-0.2, -0.15) is 10.5 Å². The van der Waals surface area contributed by atoms with Crippen LogP contribution in [0.15, 0.2) is 48.8 Å². The molecule has 148 valence electrons. The fraction of sp³-hybridized carbons (Fsp3) is 0.333. The number of aryl methyl sites for hydroxylation is 1. The summed E-state index contributed by atoms with van der Waals surface area (Å²) in [7, 11) is 1.26. The van der Waals surface area contributed by atoms with Crippen LogP contribution in [-0.4, -0.2) is 13.1 Å². The number of ether oxygens (including phenoxy) is 1. The van der Waals surface area contributed by atoms with E-state index in [0.717, 1.165) is 17.7 Å². The maximum Gasteiger partial charge on any atom is 0.327 e. The number of aromatic nitrogens is 1. The van der Waals surface area contributed by atoms with Crippen LogP contribution in [0.3, 0.4) is 0 Å². The number of nitriles is 2. The number of methoxy groups -OCH3 is 1. The van der Waals surface area contributed by atoms with Gasteiger partial charge >= 0.3 is 5.97 Å². The van der Waals surface area contributed by atoms with Gasteiger partial charge in [0.05, 0.1) is 24.8 Å². The predicted octanol–water partition coefficient (Wildman–Crippen LogP) is 4.40. The first-order chi connectivity index (χ1) is 14.1. The molecule has 0 aliphatic rings. The fourth-order valence-electron chi connectivity index (χ4n) is 3.02. The minimum atomic E-state index is -0.967. The SMILES string of the molecule is CCCCCC[n+]1ccc(/C=C(\C#N)c2ccc(C(C#N)C(=O)OC)cc2)cc1. The Morgan fingerprint density at radius 3 is 2.34 bits per heavy atom. The molecule has 2 rings (SSSR count). The molecule has 0 aliphatic heterocycles. The van der Waals surface area contributed by atoms with E-state index in [9.17, 15) is 15.3 Å². The summed E-state index contributed by atoms with van der Waals surface area (Å²) in [5, 5.41) is 18.8. The van der Waals surface area contributed by atoms with E-state index < -0.39 is 11.9 Å². The summed E-state index contributed by atoms with van der Waals surface area (Å²) in [6.45, 7) is 3.20. The van der Waals surface area contributed by atoms with E-state index in [1.54, 1.807) is 24.3 Å². The predicted molar refractivity (Wildman–Crippen MR) is 111 cm³/mol. The summed E-state index contributed by atoms with van der Waals surface area (Å²) >= 11 is 0. The van der Waals surface area contributed by atoms with E-state index in [2.05, 4.69) is 22.3 Å². The van der Waals surface area contributed by atoms with Crippen molar-refractivity contribution < 1.29 is 14.1 Å². The molecule has 1 atom stereocenters. The molecule has 5 heteroatoms. The second-order valence-electron chi connectivity index (χ2n) is 6.81. The second-order valence-corrected chi connectivity index (χ2v) is 6.81. The number of rotatable bonds is 9. The molecular formula is C24H26N3O2+. The smallest absolute Gasteiger partial charge is 0.327 e. The van der Waals surface area contributed by atoms with Gasteiger partial charge in [-0.1, -0.05) is 44.0 Å². The third-order valence-electron chi connectivity index (χ3n) is 4.74. The van der Waals surface area contributed by atoms with Crippen molar-refractivity contribution in [2.75, 3.05) is 7.11 Å². The van der Waals surface area contributed by atoms with Crippen molar-refractivity contribution >= 4 is 17.6 Å². The number of pyridine rings is 1. The lowest BCUT2D eigenvalue weighted by Gasteiger charge is -2.08. The monoisotopic (exact) mass is 388 g/mol. The van der Waals surface area contributed by atoms with Crippen LogP contribution in [0.2, 0.25) is 0 Å². The van der Waals surface area contributed by atoms with Gasteiger partial charge in [-0.05, 0) is 29.2 Å². The Hall–Kier alpha value is -3.44. The quantitative estimate of drug-likeness (QED) is 0.276. The van der Waals surface area contributed by atoms with Crippen molar-refractivity contribution in [3.63, 3.8) is 0 Å². The molecule has 0 saturated carbocycles. The molecule has 0 aliphatic carbocycles. The minimum Gasteiger partial charge on any atom is -0.468 e. The van der Waals surface area contributed by atoms with E-state index in [-0.39, 0.29) is 0 Å². The van der Waals surface area contributed by atoms with Crippen LogP contribution < -0.4 is 4.57 Å². The zero-order valence-corrected chi connectivity index (χ0v) is 17.0. The molecule has 0 amide bonds. The summed E-state index contributed by atoms with van der Waals surface area (Å²) in [5.74, 6) is -1.56. The van der Waals surface area contributed by atoms with Crippen LogP contribution in [0.1, 0.15) is 55.2 Å². The molecule has 0 saturated heterocycles. The second kappa shape index (κ2) is 11.4. The third kappa shape index (κ3) is 6.30. The molecule has 1 heterocycles. The van der Waals surface area contributed by atoms with Crippen LogP contribution >= 0.6 is 0 Å². The number of benzene rings is 1. The number of carbonyl (C=O) groups is 1. The first-order valence-electron chi connectivity index (χ1n) is 9.81. The lowest BCUT2D eigenvalue weighted by atomic mass is 9.97. The molecule has 0 fully saturated rings. The topological polar surface area (TPSA) is 77.8 Å². The number of nitrogens with zero attached hydrogens (tertiary/aromatic N) is 3. The summed E-state index contributed by atoms with van der Waals surface area (Å²) in [6, 6.07) is 15.0. The van der Waals surface area contributed by atoms with E-state index in [1.165, 1.54) is 32.8 Å². The van der Waals surface area contributed by atoms with E-state index in [4.69, 9.17) is 0 Å². The summed E-state index contributed by atoms with van der Waals surface area (Å²) in [4.78, 5) is 11.7. The van der Waals surface area contributed by atoms with Crippen molar-refractivity contribution in [2.24, 2.45) is 0 Å². The van der Waals surface area contributed by atoms with Crippen molar-refractivity contribution in [2.45, 2.75) is 45.1 Å². The molecule has 1 unspecified atom stereocenters. The average molecular weight is 388 g/mol. The maximum absolute atomic E-state index is 11.7. The molecule has 29 heavy (non-hydrogen) atoms. The molecule has 1 aromatic carbocycles. The van der Waals surface area contributed by atoms with Crippen LogP contribution in [0.5, 0.6) is 0 Å². The lowest BCUT2D eigenvalue weighted by molar-refractivity contribution is -0.697. The minimum absolute atomic E-state index is 0.517. The van der Waals surface area contributed by atoms with Gasteiger partial charge in [0.1, 0.15) is 6.54 Å². The molecule has 0 radical (unpaired) electrons. The van der Waals surface area contributed by atoms with E-state index in [0.29, 0.717) is 11.1 Å². The lowest BCUT2D eigenvalue weighted by Crippen LogP contribution is -2.32. The number of carbonyl (C=O) groups excluding carboxylic acids is 1. The van der Waals surface area contributed by atoms with Crippen molar-refractivity contribution in [1.82, 2.24) is 0 Å². The highest BCUT2D eigenvalue weighted by atomic mass is 16.5. The molecule has 2 aromatic rings. The summed E-state index contributed by atoms with van der Waals surface area (Å²) in [6.07, 6.45) is 10.8. The molecule has 0 bridgehead atoms. The Labute approximate surface area is 172 Å². The van der Waals surface area contributed by atoms with Gasteiger partial charge in [-0.25, -0.2) is 4.57 Å². The largest absolute Gasteiger partial charge is 0.468 e. The van der Waals surface area contributed by atoms with Crippen molar-refractivity contribution in [3.05, 3.63) is 65.5 Å².